The number of nitrogens with zero attached hydrogens (tertiary/aromatic N) is 3. The minimum Gasteiger partial charge on any atom is -0.318 e. The molecule has 0 fully saturated rings. The van der Waals surface area contributed by atoms with Gasteiger partial charge in [0.05, 0.1) is 17.6 Å². The summed E-state index contributed by atoms with van der Waals surface area (Å²) in [7, 11) is 0. The molecule has 84 valence electrons. The second-order valence-electron chi connectivity index (χ2n) is 3.24. The average molecular weight is 237 g/mol. The number of rotatable bonds is 4. The van der Waals surface area contributed by atoms with Crippen LogP contribution in [0.1, 0.15) is 28.7 Å². The summed E-state index contributed by atoms with van der Waals surface area (Å²) in [6.45, 7) is 2.04. The summed E-state index contributed by atoms with van der Waals surface area (Å²) in [6.07, 6.45) is 4.87. The molecule has 2 aromatic heterocycles. The first-order chi connectivity index (χ1) is 7.81. The maximum absolute atomic E-state index is 11.8. The molecular formula is C9H11N5OS. The van der Waals surface area contributed by atoms with Gasteiger partial charge in [-0.15, -0.1) is 5.10 Å². The van der Waals surface area contributed by atoms with Gasteiger partial charge < -0.3 is 5.32 Å². The Hall–Kier alpha value is -1.76. The van der Waals surface area contributed by atoms with Crippen molar-refractivity contribution in [3.8, 4) is 0 Å². The van der Waals surface area contributed by atoms with Crippen LogP contribution < -0.4 is 5.32 Å². The van der Waals surface area contributed by atoms with Crippen molar-refractivity contribution in [2.45, 2.75) is 19.8 Å². The summed E-state index contributed by atoms with van der Waals surface area (Å²) in [5, 5.41) is 13.0. The van der Waals surface area contributed by atoms with E-state index < -0.39 is 0 Å². The van der Waals surface area contributed by atoms with Crippen LogP contribution in [0, 0.1) is 0 Å². The zero-order chi connectivity index (χ0) is 11.4. The Morgan fingerprint density at radius 2 is 2.50 bits per heavy atom. The van der Waals surface area contributed by atoms with Crippen LogP contribution in [-0.2, 0) is 6.42 Å². The topological polar surface area (TPSA) is 83.6 Å². The van der Waals surface area contributed by atoms with Gasteiger partial charge in [0.25, 0.3) is 5.91 Å². The Labute approximate surface area is 96.2 Å². The number of H-pyrrole nitrogens is 1. The van der Waals surface area contributed by atoms with Gasteiger partial charge in [-0.25, -0.2) is 0 Å². The Kier molecular flexibility index (Phi) is 3.25. The lowest BCUT2D eigenvalue weighted by Crippen LogP contribution is -2.11. The molecule has 2 N–H and O–H groups in total. The number of carbonyl (C=O) groups excluding carboxylic acids is 1. The lowest BCUT2D eigenvalue weighted by atomic mass is 10.2. The molecule has 0 aliphatic carbocycles. The smallest absolute Gasteiger partial charge is 0.269 e. The second-order valence-corrected chi connectivity index (χ2v) is 3.99. The zero-order valence-electron chi connectivity index (χ0n) is 8.73. The molecule has 1 amide bonds. The molecule has 6 nitrogen and oxygen atoms in total. The Morgan fingerprint density at radius 3 is 3.19 bits per heavy atom. The van der Waals surface area contributed by atoms with Crippen LogP contribution in [0.25, 0.3) is 0 Å². The van der Waals surface area contributed by atoms with Crippen molar-refractivity contribution in [3.63, 3.8) is 0 Å². The molecule has 7 heteroatoms. The molecule has 0 saturated heterocycles. The predicted molar refractivity (Wildman–Crippen MR) is 60.4 cm³/mol. The number of anilines is 1. The maximum Gasteiger partial charge on any atom is 0.269 e. The van der Waals surface area contributed by atoms with Gasteiger partial charge >= 0.3 is 0 Å². The van der Waals surface area contributed by atoms with Crippen molar-refractivity contribution in [2.75, 3.05) is 5.32 Å². The number of aryl methyl sites for hydroxylation is 1. The van der Waals surface area contributed by atoms with Gasteiger partial charge in [0.15, 0.2) is 0 Å². The Morgan fingerprint density at radius 1 is 1.62 bits per heavy atom. The fourth-order valence-corrected chi connectivity index (χ4v) is 1.89. The van der Waals surface area contributed by atoms with Crippen molar-refractivity contribution in [2.24, 2.45) is 0 Å². The number of hydrogen-bond donors (Lipinski definition) is 2. The largest absolute Gasteiger partial charge is 0.318 e. The van der Waals surface area contributed by atoms with Gasteiger partial charge in [-0.3, -0.25) is 9.89 Å². The first kappa shape index (κ1) is 10.7. The molecule has 0 atom stereocenters. The minimum atomic E-state index is -0.181. The zero-order valence-corrected chi connectivity index (χ0v) is 9.54. The van der Waals surface area contributed by atoms with Crippen LogP contribution >= 0.6 is 11.5 Å². The third kappa shape index (κ3) is 2.25. The molecule has 0 radical (unpaired) electrons. The van der Waals surface area contributed by atoms with Crippen molar-refractivity contribution in [1.82, 2.24) is 19.8 Å². The van der Waals surface area contributed by atoms with Gasteiger partial charge in [0.2, 0.25) is 0 Å². The number of aromatic amines is 1. The third-order valence-electron chi connectivity index (χ3n) is 2.00. The fourth-order valence-electron chi connectivity index (χ4n) is 1.29. The number of hydrogen-bond acceptors (Lipinski definition) is 5. The summed E-state index contributed by atoms with van der Waals surface area (Å²) >= 11 is 1.12. The molecule has 2 rings (SSSR count). The van der Waals surface area contributed by atoms with Gasteiger partial charge in [-0.2, -0.15) is 5.10 Å². The first-order valence-corrected chi connectivity index (χ1v) is 5.70. The summed E-state index contributed by atoms with van der Waals surface area (Å²) in [4.78, 5) is 12.4. The van der Waals surface area contributed by atoms with Crippen LogP contribution in [0.4, 0.5) is 5.69 Å². The summed E-state index contributed by atoms with van der Waals surface area (Å²) in [5.41, 5.74) is 1.40. The highest BCUT2D eigenvalue weighted by atomic mass is 32.1. The van der Waals surface area contributed by atoms with Crippen LogP contribution in [-0.4, -0.2) is 25.7 Å². The summed E-state index contributed by atoms with van der Waals surface area (Å²) in [6, 6.07) is 0. The summed E-state index contributed by atoms with van der Waals surface area (Å²) < 4.78 is 3.80. The standard InChI is InChI=1S/C9H11N5OS/c1-2-3-7-8(16-14-13-7)9(15)12-6-4-10-11-5-6/h4-5H,2-3H2,1H3,(H,10,11)(H,12,15). The molecule has 0 saturated carbocycles. The van der Waals surface area contributed by atoms with E-state index in [1.165, 1.54) is 0 Å². The molecule has 16 heavy (non-hydrogen) atoms. The second kappa shape index (κ2) is 4.84. The van der Waals surface area contributed by atoms with E-state index in [2.05, 4.69) is 25.1 Å². The molecule has 2 aromatic rings. The molecule has 2 heterocycles. The lowest BCUT2D eigenvalue weighted by molar-refractivity contribution is 0.102. The molecule has 0 spiro atoms. The number of carbonyl (C=O) groups is 1. The van der Waals surface area contributed by atoms with Crippen molar-refractivity contribution in [1.29, 1.82) is 0 Å². The van der Waals surface area contributed by atoms with E-state index in [0.717, 1.165) is 30.1 Å². The maximum atomic E-state index is 11.8. The summed E-state index contributed by atoms with van der Waals surface area (Å²) in [5.74, 6) is -0.181. The molecule has 0 aromatic carbocycles. The van der Waals surface area contributed by atoms with Crippen LogP contribution in [0.2, 0.25) is 0 Å². The third-order valence-corrected chi connectivity index (χ3v) is 2.77. The Bertz CT molecular complexity index is 464. The highest BCUT2D eigenvalue weighted by molar-refractivity contribution is 7.08. The molecule has 0 bridgehead atoms. The lowest BCUT2D eigenvalue weighted by Gasteiger charge is -2.00. The van der Waals surface area contributed by atoms with Crippen molar-refractivity contribution < 1.29 is 4.79 Å². The van der Waals surface area contributed by atoms with E-state index in [-0.39, 0.29) is 5.91 Å². The first-order valence-electron chi connectivity index (χ1n) is 4.92. The fraction of sp³-hybridized carbons (Fsp3) is 0.333. The van der Waals surface area contributed by atoms with E-state index in [4.69, 9.17) is 0 Å². The van der Waals surface area contributed by atoms with Gasteiger partial charge in [0, 0.05) is 6.20 Å². The average Bonchev–Trinajstić information content (AvgIpc) is 2.89. The van der Waals surface area contributed by atoms with Crippen LogP contribution in [0.15, 0.2) is 12.4 Å². The predicted octanol–water partition coefficient (Wildman–Crippen LogP) is 1.47. The minimum absolute atomic E-state index is 0.181. The van der Waals surface area contributed by atoms with E-state index in [9.17, 15) is 4.79 Å². The highest BCUT2D eigenvalue weighted by Gasteiger charge is 2.15. The monoisotopic (exact) mass is 237 g/mol. The van der Waals surface area contributed by atoms with Gasteiger partial charge in [-0.1, -0.05) is 17.8 Å². The molecular weight excluding hydrogens is 226 g/mol. The molecule has 0 aliphatic heterocycles. The molecule has 0 aliphatic rings. The van der Waals surface area contributed by atoms with Gasteiger partial charge in [-0.05, 0) is 18.0 Å². The van der Waals surface area contributed by atoms with E-state index in [1.807, 2.05) is 6.92 Å². The van der Waals surface area contributed by atoms with E-state index >= 15 is 0 Å². The highest BCUT2D eigenvalue weighted by Crippen LogP contribution is 2.14. The van der Waals surface area contributed by atoms with E-state index in [1.54, 1.807) is 12.4 Å². The van der Waals surface area contributed by atoms with Crippen LogP contribution in [0.5, 0.6) is 0 Å². The quantitative estimate of drug-likeness (QED) is 0.843. The Balaban J connectivity index is 2.11. The SMILES string of the molecule is CCCc1nnsc1C(=O)Nc1cn[nH]c1. The number of aromatic nitrogens is 4. The van der Waals surface area contributed by atoms with E-state index in [0.29, 0.717) is 10.6 Å². The normalized spacial score (nSPS) is 10.3. The number of nitrogens with one attached hydrogen (secondary N) is 2. The van der Waals surface area contributed by atoms with Crippen molar-refractivity contribution in [3.05, 3.63) is 23.0 Å². The molecule has 0 unspecified atom stereocenters. The number of amides is 1. The van der Waals surface area contributed by atoms with Gasteiger partial charge in [0.1, 0.15) is 4.88 Å². The van der Waals surface area contributed by atoms with Crippen LogP contribution in [0.3, 0.4) is 0 Å². The van der Waals surface area contributed by atoms with Crippen molar-refractivity contribution >= 4 is 23.1 Å².